The van der Waals surface area contributed by atoms with Gasteiger partial charge in [0.05, 0.1) is 0 Å². The summed E-state index contributed by atoms with van der Waals surface area (Å²) in [5, 5.41) is 2.56. The quantitative estimate of drug-likeness (QED) is 0.643. The molecule has 0 heterocycles. The Morgan fingerprint density at radius 1 is 0.947 bits per heavy atom. The molecule has 0 aromatic heterocycles. The molecule has 0 saturated heterocycles. The normalized spacial score (nSPS) is 15.6. The molecule has 3 heteroatoms. The van der Waals surface area contributed by atoms with E-state index < -0.39 is 0 Å². The van der Waals surface area contributed by atoms with Crippen molar-refractivity contribution in [3.63, 3.8) is 0 Å². The SMILES string of the molecule is CCCCCCCCCC(=O)NC(=O)C1CCCC1. The van der Waals surface area contributed by atoms with Crippen molar-refractivity contribution in [2.75, 3.05) is 0 Å². The van der Waals surface area contributed by atoms with Gasteiger partial charge < -0.3 is 0 Å². The number of hydrogen-bond donors (Lipinski definition) is 1. The number of carbonyl (C=O) groups excluding carboxylic acids is 2. The average Bonchev–Trinajstić information content (AvgIpc) is 2.91. The Kier molecular flexibility index (Phi) is 8.52. The molecule has 0 atom stereocenters. The third kappa shape index (κ3) is 7.34. The highest BCUT2D eigenvalue weighted by Crippen LogP contribution is 2.24. The standard InChI is InChI=1S/C16H29NO2/c1-2-3-4-5-6-7-8-13-15(18)17-16(19)14-11-9-10-12-14/h14H,2-13H2,1H3,(H,17,18,19). The molecule has 1 N–H and O–H groups in total. The summed E-state index contributed by atoms with van der Waals surface area (Å²) in [6.07, 6.45) is 13.1. The minimum absolute atomic E-state index is 0.0366. The van der Waals surface area contributed by atoms with Gasteiger partial charge in [-0.2, -0.15) is 0 Å². The Hall–Kier alpha value is -0.860. The number of imide groups is 1. The summed E-state index contributed by atoms with van der Waals surface area (Å²) < 4.78 is 0. The molecule has 0 bridgehead atoms. The summed E-state index contributed by atoms with van der Waals surface area (Å²) in [7, 11) is 0. The van der Waals surface area contributed by atoms with E-state index in [-0.39, 0.29) is 17.7 Å². The molecule has 0 aromatic carbocycles. The number of carbonyl (C=O) groups is 2. The lowest BCUT2D eigenvalue weighted by atomic mass is 10.1. The van der Waals surface area contributed by atoms with Gasteiger partial charge in [0, 0.05) is 12.3 Å². The van der Waals surface area contributed by atoms with Crippen LogP contribution in [0.3, 0.4) is 0 Å². The fourth-order valence-electron chi connectivity index (χ4n) is 2.73. The molecule has 1 fully saturated rings. The van der Waals surface area contributed by atoms with Crippen LogP contribution in [0.25, 0.3) is 0 Å². The molecule has 0 aliphatic heterocycles. The fraction of sp³-hybridized carbons (Fsp3) is 0.875. The van der Waals surface area contributed by atoms with Crippen molar-refractivity contribution in [3.05, 3.63) is 0 Å². The largest absolute Gasteiger partial charge is 0.296 e. The molecule has 0 unspecified atom stereocenters. The third-order valence-corrected chi connectivity index (χ3v) is 4.00. The minimum atomic E-state index is -0.0783. The Morgan fingerprint density at radius 3 is 2.16 bits per heavy atom. The second-order valence-corrected chi connectivity index (χ2v) is 5.77. The molecular weight excluding hydrogens is 238 g/mol. The lowest BCUT2D eigenvalue weighted by Gasteiger charge is -2.09. The Bertz CT molecular complexity index is 270. The van der Waals surface area contributed by atoms with Gasteiger partial charge in [0.1, 0.15) is 0 Å². The van der Waals surface area contributed by atoms with Crippen molar-refractivity contribution in [2.45, 2.75) is 84.0 Å². The molecule has 0 spiro atoms. The van der Waals surface area contributed by atoms with Crippen molar-refractivity contribution in [3.8, 4) is 0 Å². The summed E-state index contributed by atoms with van der Waals surface area (Å²) >= 11 is 0. The lowest BCUT2D eigenvalue weighted by molar-refractivity contribution is -0.132. The molecule has 19 heavy (non-hydrogen) atoms. The van der Waals surface area contributed by atoms with Crippen LogP contribution in [0.4, 0.5) is 0 Å². The molecule has 3 nitrogen and oxygen atoms in total. The van der Waals surface area contributed by atoms with E-state index in [0.717, 1.165) is 38.5 Å². The molecule has 1 rings (SSSR count). The van der Waals surface area contributed by atoms with Crippen LogP contribution in [0.15, 0.2) is 0 Å². The van der Waals surface area contributed by atoms with Crippen LogP contribution < -0.4 is 5.32 Å². The molecule has 1 aliphatic rings. The van der Waals surface area contributed by atoms with Crippen LogP contribution >= 0.6 is 0 Å². The van der Waals surface area contributed by atoms with Crippen molar-refractivity contribution in [2.24, 2.45) is 5.92 Å². The first-order valence-electron chi connectivity index (χ1n) is 8.07. The van der Waals surface area contributed by atoms with Crippen molar-refractivity contribution < 1.29 is 9.59 Å². The van der Waals surface area contributed by atoms with Crippen LogP contribution in [-0.2, 0) is 9.59 Å². The number of amides is 2. The van der Waals surface area contributed by atoms with Gasteiger partial charge in [-0.15, -0.1) is 0 Å². The Labute approximate surface area is 117 Å². The summed E-state index contributed by atoms with van der Waals surface area (Å²) in [5.74, 6) is -0.0195. The van der Waals surface area contributed by atoms with E-state index in [2.05, 4.69) is 12.2 Å². The summed E-state index contributed by atoms with van der Waals surface area (Å²) in [6, 6.07) is 0. The highest BCUT2D eigenvalue weighted by Gasteiger charge is 2.23. The highest BCUT2D eigenvalue weighted by molar-refractivity contribution is 5.96. The van der Waals surface area contributed by atoms with E-state index in [4.69, 9.17) is 0 Å². The third-order valence-electron chi connectivity index (χ3n) is 4.00. The van der Waals surface area contributed by atoms with Crippen molar-refractivity contribution in [1.82, 2.24) is 5.32 Å². The van der Waals surface area contributed by atoms with Gasteiger partial charge >= 0.3 is 0 Å². The predicted molar refractivity (Wildman–Crippen MR) is 77.7 cm³/mol. The molecule has 1 saturated carbocycles. The fourth-order valence-corrected chi connectivity index (χ4v) is 2.73. The highest BCUT2D eigenvalue weighted by atomic mass is 16.2. The van der Waals surface area contributed by atoms with Gasteiger partial charge in [-0.25, -0.2) is 0 Å². The first kappa shape index (κ1) is 16.2. The number of unbranched alkanes of at least 4 members (excludes halogenated alkanes) is 6. The second-order valence-electron chi connectivity index (χ2n) is 5.77. The van der Waals surface area contributed by atoms with Gasteiger partial charge in [-0.3, -0.25) is 14.9 Å². The summed E-state index contributed by atoms with van der Waals surface area (Å²) in [6.45, 7) is 2.21. The van der Waals surface area contributed by atoms with E-state index >= 15 is 0 Å². The molecule has 2 amide bonds. The van der Waals surface area contributed by atoms with E-state index in [1.807, 2.05) is 0 Å². The monoisotopic (exact) mass is 267 g/mol. The van der Waals surface area contributed by atoms with Gasteiger partial charge in [-0.1, -0.05) is 58.3 Å². The molecule has 110 valence electrons. The van der Waals surface area contributed by atoms with Gasteiger partial charge in [0.25, 0.3) is 0 Å². The lowest BCUT2D eigenvalue weighted by Crippen LogP contribution is -2.34. The van der Waals surface area contributed by atoms with Crippen molar-refractivity contribution in [1.29, 1.82) is 0 Å². The van der Waals surface area contributed by atoms with Crippen LogP contribution in [0.2, 0.25) is 0 Å². The first-order chi connectivity index (χ1) is 9.24. The van der Waals surface area contributed by atoms with Gasteiger partial charge in [0.15, 0.2) is 0 Å². The number of rotatable bonds is 9. The smallest absolute Gasteiger partial charge is 0.229 e. The Balaban J connectivity index is 1.97. The maximum absolute atomic E-state index is 11.7. The zero-order chi connectivity index (χ0) is 13.9. The van der Waals surface area contributed by atoms with E-state index in [0.29, 0.717) is 6.42 Å². The van der Waals surface area contributed by atoms with Gasteiger partial charge in [0.2, 0.25) is 11.8 Å². The van der Waals surface area contributed by atoms with Crippen LogP contribution in [0.1, 0.15) is 84.0 Å². The topological polar surface area (TPSA) is 46.2 Å². The maximum atomic E-state index is 11.7. The first-order valence-corrected chi connectivity index (χ1v) is 8.07. The summed E-state index contributed by atoms with van der Waals surface area (Å²) in [4.78, 5) is 23.3. The maximum Gasteiger partial charge on any atom is 0.229 e. The van der Waals surface area contributed by atoms with E-state index in [9.17, 15) is 9.59 Å². The number of nitrogens with one attached hydrogen (secondary N) is 1. The zero-order valence-electron chi connectivity index (χ0n) is 12.4. The molecule has 0 radical (unpaired) electrons. The van der Waals surface area contributed by atoms with Gasteiger partial charge in [-0.05, 0) is 19.3 Å². The summed E-state index contributed by atoms with van der Waals surface area (Å²) in [5.41, 5.74) is 0. The van der Waals surface area contributed by atoms with Crippen LogP contribution in [0.5, 0.6) is 0 Å². The average molecular weight is 267 g/mol. The molecule has 0 aromatic rings. The van der Waals surface area contributed by atoms with E-state index in [1.54, 1.807) is 0 Å². The zero-order valence-corrected chi connectivity index (χ0v) is 12.4. The van der Waals surface area contributed by atoms with Crippen LogP contribution in [-0.4, -0.2) is 11.8 Å². The predicted octanol–water partition coefficient (Wildman–Crippen LogP) is 3.96. The minimum Gasteiger partial charge on any atom is -0.296 e. The van der Waals surface area contributed by atoms with Crippen LogP contribution in [0, 0.1) is 5.92 Å². The van der Waals surface area contributed by atoms with Crippen molar-refractivity contribution >= 4 is 11.8 Å². The molecule has 1 aliphatic carbocycles. The second kappa shape index (κ2) is 9.99. The molecular formula is C16H29NO2. The van der Waals surface area contributed by atoms with E-state index in [1.165, 1.54) is 32.1 Å². The Morgan fingerprint density at radius 2 is 1.53 bits per heavy atom. The number of hydrogen-bond acceptors (Lipinski definition) is 2.